The summed E-state index contributed by atoms with van der Waals surface area (Å²) >= 11 is 4.33. The molecule has 0 aliphatic heterocycles. The zero-order valence-electron chi connectivity index (χ0n) is 8.36. The van der Waals surface area contributed by atoms with Gasteiger partial charge in [0.2, 0.25) is 0 Å². The van der Waals surface area contributed by atoms with Crippen LogP contribution in [-0.2, 0) is 0 Å². The van der Waals surface area contributed by atoms with Gasteiger partial charge in [0.1, 0.15) is 0 Å². The van der Waals surface area contributed by atoms with E-state index in [0.29, 0.717) is 0 Å². The molecule has 0 radical (unpaired) electrons. The Labute approximate surface area is 89.8 Å². The minimum Gasteiger partial charge on any atom is -0.377 e. The molecule has 0 aliphatic carbocycles. The number of anilines is 1. The van der Waals surface area contributed by atoms with E-state index >= 15 is 0 Å². The predicted octanol–water partition coefficient (Wildman–Crippen LogP) is 3.19. The molecule has 0 amide bonds. The average molecular weight is 203 g/mol. The molecule has 1 nitrogen and oxygen atoms in total. The van der Waals surface area contributed by atoms with E-state index in [2.05, 4.69) is 62.0 Å². The molecule has 0 N–H and O–H groups in total. The van der Waals surface area contributed by atoms with Gasteiger partial charge in [-0.15, -0.1) is 12.6 Å². The van der Waals surface area contributed by atoms with Gasteiger partial charge in [-0.05, 0) is 23.6 Å². The van der Waals surface area contributed by atoms with Gasteiger partial charge in [0.05, 0.1) is 0 Å². The lowest BCUT2D eigenvalue weighted by molar-refractivity contribution is 1.14. The van der Waals surface area contributed by atoms with Crippen LogP contribution in [0.1, 0.15) is 0 Å². The molecule has 2 aromatic carbocycles. The van der Waals surface area contributed by atoms with Crippen molar-refractivity contribution in [1.29, 1.82) is 0 Å². The van der Waals surface area contributed by atoms with Crippen LogP contribution in [-0.4, -0.2) is 14.1 Å². The van der Waals surface area contributed by atoms with Crippen molar-refractivity contribution in [1.82, 2.24) is 0 Å². The van der Waals surface area contributed by atoms with Gasteiger partial charge in [-0.3, -0.25) is 0 Å². The Morgan fingerprint density at radius 1 is 1.07 bits per heavy atom. The van der Waals surface area contributed by atoms with E-state index in [1.54, 1.807) is 0 Å². The fraction of sp³-hybridized carbons (Fsp3) is 0.167. The molecule has 0 unspecified atom stereocenters. The zero-order valence-corrected chi connectivity index (χ0v) is 9.25. The maximum absolute atomic E-state index is 4.33. The number of rotatable bonds is 1. The number of fused-ring (bicyclic) bond motifs is 1. The lowest BCUT2D eigenvalue weighted by Gasteiger charge is -2.15. The van der Waals surface area contributed by atoms with Crippen LogP contribution in [0.25, 0.3) is 10.8 Å². The van der Waals surface area contributed by atoms with Gasteiger partial charge in [-0.2, -0.15) is 0 Å². The highest BCUT2D eigenvalue weighted by atomic mass is 32.1. The molecule has 2 heteroatoms. The minimum atomic E-state index is 1.01. The molecule has 0 bridgehead atoms. The Morgan fingerprint density at radius 3 is 2.57 bits per heavy atom. The third-order valence-corrected chi connectivity index (χ3v) is 2.60. The van der Waals surface area contributed by atoms with Gasteiger partial charge < -0.3 is 4.90 Å². The molecular formula is C12H13NS. The topological polar surface area (TPSA) is 3.24 Å². The molecule has 0 aromatic heterocycles. The molecule has 2 aromatic rings. The van der Waals surface area contributed by atoms with Crippen molar-refractivity contribution in [2.75, 3.05) is 19.0 Å². The maximum atomic E-state index is 4.33. The van der Waals surface area contributed by atoms with Crippen molar-refractivity contribution >= 4 is 29.1 Å². The highest BCUT2D eigenvalue weighted by Crippen LogP contribution is 2.26. The maximum Gasteiger partial charge on any atom is 0.0440 e. The molecule has 0 spiro atoms. The van der Waals surface area contributed by atoms with Gasteiger partial charge in [0.25, 0.3) is 0 Å². The summed E-state index contributed by atoms with van der Waals surface area (Å²) in [6, 6.07) is 12.5. The van der Waals surface area contributed by atoms with E-state index in [9.17, 15) is 0 Å². The second kappa shape index (κ2) is 3.54. The number of hydrogen-bond donors (Lipinski definition) is 1. The van der Waals surface area contributed by atoms with Crippen LogP contribution in [0.3, 0.4) is 0 Å². The molecule has 0 heterocycles. The van der Waals surface area contributed by atoms with E-state index in [0.717, 1.165) is 4.90 Å². The number of benzene rings is 2. The lowest BCUT2D eigenvalue weighted by atomic mass is 10.1. The Morgan fingerprint density at radius 2 is 1.86 bits per heavy atom. The highest BCUT2D eigenvalue weighted by molar-refractivity contribution is 7.80. The molecular weight excluding hydrogens is 190 g/mol. The number of thiol groups is 1. The Balaban J connectivity index is 2.75. The Hall–Kier alpha value is -1.15. The first-order chi connectivity index (χ1) is 6.68. The third kappa shape index (κ3) is 1.58. The van der Waals surface area contributed by atoms with E-state index in [-0.39, 0.29) is 0 Å². The van der Waals surface area contributed by atoms with Crippen LogP contribution in [0, 0.1) is 0 Å². The summed E-state index contributed by atoms with van der Waals surface area (Å²) in [6.45, 7) is 0. The fourth-order valence-corrected chi connectivity index (χ4v) is 1.86. The van der Waals surface area contributed by atoms with Gasteiger partial charge in [-0.25, -0.2) is 0 Å². The molecule has 0 atom stereocenters. The van der Waals surface area contributed by atoms with Crippen molar-refractivity contribution in [3.8, 4) is 0 Å². The fourth-order valence-electron chi connectivity index (χ4n) is 1.64. The standard InChI is InChI=1S/C12H13NS/c1-13(2)12-5-3-4-9-8-10(14)6-7-11(9)12/h3-8,14H,1-2H3. The normalized spacial score (nSPS) is 10.5. The SMILES string of the molecule is CN(C)c1cccc2cc(S)ccc12. The molecule has 14 heavy (non-hydrogen) atoms. The molecule has 0 saturated heterocycles. The van der Waals surface area contributed by atoms with E-state index in [4.69, 9.17) is 0 Å². The monoisotopic (exact) mass is 203 g/mol. The summed E-state index contributed by atoms with van der Waals surface area (Å²) in [5, 5.41) is 2.51. The minimum absolute atomic E-state index is 1.01. The summed E-state index contributed by atoms with van der Waals surface area (Å²) in [4.78, 5) is 3.13. The van der Waals surface area contributed by atoms with Crippen molar-refractivity contribution in [3.05, 3.63) is 36.4 Å². The van der Waals surface area contributed by atoms with Crippen molar-refractivity contribution in [3.63, 3.8) is 0 Å². The van der Waals surface area contributed by atoms with E-state index in [1.807, 2.05) is 6.07 Å². The lowest BCUT2D eigenvalue weighted by Crippen LogP contribution is -2.08. The summed E-state index contributed by atoms with van der Waals surface area (Å²) in [5.74, 6) is 0. The first-order valence-corrected chi connectivity index (χ1v) is 5.02. The quantitative estimate of drug-likeness (QED) is 0.697. The smallest absolute Gasteiger partial charge is 0.0440 e. The van der Waals surface area contributed by atoms with Crippen LogP contribution in [0.4, 0.5) is 5.69 Å². The van der Waals surface area contributed by atoms with E-state index in [1.165, 1.54) is 16.5 Å². The highest BCUT2D eigenvalue weighted by Gasteiger charge is 2.01. The van der Waals surface area contributed by atoms with Gasteiger partial charge in [-0.1, -0.05) is 18.2 Å². The van der Waals surface area contributed by atoms with Crippen LogP contribution in [0.15, 0.2) is 41.3 Å². The summed E-state index contributed by atoms with van der Waals surface area (Å²) in [5.41, 5.74) is 1.25. The summed E-state index contributed by atoms with van der Waals surface area (Å²) in [7, 11) is 4.12. The number of nitrogens with zero attached hydrogens (tertiary/aromatic N) is 1. The second-order valence-electron chi connectivity index (χ2n) is 3.58. The van der Waals surface area contributed by atoms with Gasteiger partial charge >= 0.3 is 0 Å². The summed E-state index contributed by atoms with van der Waals surface area (Å²) in [6.07, 6.45) is 0. The zero-order chi connectivity index (χ0) is 10.1. The second-order valence-corrected chi connectivity index (χ2v) is 4.09. The largest absolute Gasteiger partial charge is 0.377 e. The van der Waals surface area contributed by atoms with Crippen LogP contribution in [0.5, 0.6) is 0 Å². The first-order valence-electron chi connectivity index (χ1n) is 4.57. The van der Waals surface area contributed by atoms with Crippen molar-refractivity contribution in [2.24, 2.45) is 0 Å². The third-order valence-electron chi connectivity index (χ3n) is 2.32. The molecule has 72 valence electrons. The van der Waals surface area contributed by atoms with Crippen LogP contribution < -0.4 is 4.90 Å². The Kier molecular flexibility index (Phi) is 2.38. The predicted molar refractivity (Wildman–Crippen MR) is 65.5 cm³/mol. The summed E-state index contributed by atoms with van der Waals surface area (Å²) < 4.78 is 0. The first kappa shape index (κ1) is 9.41. The Bertz CT molecular complexity index is 463. The van der Waals surface area contributed by atoms with Crippen molar-refractivity contribution < 1.29 is 0 Å². The van der Waals surface area contributed by atoms with E-state index < -0.39 is 0 Å². The molecule has 0 saturated carbocycles. The molecule has 0 fully saturated rings. The number of hydrogen-bond acceptors (Lipinski definition) is 2. The van der Waals surface area contributed by atoms with Crippen LogP contribution >= 0.6 is 12.6 Å². The van der Waals surface area contributed by atoms with Gasteiger partial charge in [0.15, 0.2) is 0 Å². The van der Waals surface area contributed by atoms with Gasteiger partial charge in [0, 0.05) is 30.1 Å². The van der Waals surface area contributed by atoms with Crippen LogP contribution in [0.2, 0.25) is 0 Å². The molecule has 0 aliphatic rings. The van der Waals surface area contributed by atoms with Crippen molar-refractivity contribution in [2.45, 2.75) is 4.90 Å². The average Bonchev–Trinajstić information content (AvgIpc) is 2.16. The molecule has 2 rings (SSSR count).